The molecule has 1 aromatic carbocycles. The van der Waals surface area contributed by atoms with Gasteiger partial charge in [-0.15, -0.1) is 0 Å². The highest BCUT2D eigenvalue weighted by Gasteiger charge is 2.14. The van der Waals surface area contributed by atoms with Crippen molar-refractivity contribution in [2.75, 3.05) is 25.0 Å². The van der Waals surface area contributed by atoms with Crippen LogP contribution in [0.2, 0.25) is 0 Å². The van der Waals surface area contributed by atoms with Crippen molar-refractivity contribution >= 4 is 16.6 Å². The second kappa shape index (κ2) is 5.42. The summed E-state index contributed by atoms with van der Waals surface area (Å²) < 4.78 is 0. The van der Waals surface area contributed by atoms with Gasteiger partial charge in [-0.3, -0.25) is 0 Å². The summed E-state index contributed by atoms with van der Waals surface area (Å²) in [5, 5.41) is 11.0. The van der Waals surface area contributed by atoms with Crippen LogP contribution in [-0.2, 0) is 0 Å². The molecule has 2 aromatic rings. The summed E-state index contributed by atoms with van der Waals surface area (Å²) in [5.74, 6) is 0. The van der Waals surface area contributed by atoms with Crippen molar-refractivity contribution in [2.24, 2.45) is 5.73 Å². The first-order valence-corrected chi connectivity index (χ1v) is 6.30. The highest BCUT2D eigenvalue weighted by atomic mass is 16.3. The van der Waals surface area contributed by atoms with Gasteiger partial charge in [0.1, 0.15) is 0 Å². The Hall–Kier alpha value is -1.52. The lowest BCUT2D eigenvalue weighted by Crippen LogP contribution is -2.30. The SMILES string of the molecule is Cc1[nH]c2ccccc2c1N(C)CC(O)CCN. The van der Waals surface area contributed by atoms with Crippen LogP contribution in [0, 0.1) is 6.92 Å². The van der Waals surface area contributed by atoms with Crippen molar-refractivity contribution in [1.82, 2.24) is 4.98 Å². The van der Waals surface area contributed by atoms with Crippen molar-refractivity contribution in [3.63, 3.8) is 0 Å². The van der Waals surface area contributed by atoms with Crippen molar-refractivity contribution < 1.29 is 5.11 Å². The van der Waals surface area contributed by atoms with Gasteiger partial charge in [-0.1, -0.05) is 18.2 Å². The van der Waals surface area contributed by atoms with Gasteiger partial charge >= 0.3 is 0 Å². The molecule has 4 nitrogen and oxygen atoms in total. The van der Waals surface area contributed by atoms with Crippen LogP contribution < -0.4 is 10.6 Å². The third-order valence-electron chi connectivity index (χ3n) is 3.23. The summed E-state index contributed by atoms with van der Waals surface area (Å²) in [7, 11) is 2.00. The lowest BCUT2D eigenvalue weighted by atomic mass is 10.2. The number of para-hydroxylation sites is 1. The monoisotopic (exact) mass is 247 g/mol. The molecule has 1 unspecified atom stereocenters. The molecule has 0 bridgehead atoms. The molecule has 1 aromatic heterocycles. The van der Waals surface area contributed by atoms with E-state index in [1.54, 1.807) is 0 Å². The van der Waals surface area contributed by atoms with Crippen molar-refractivity contribution in [3.05, 3.63) is 30.0 Å². The Morgan fingerprint density at radius 3 is 2.83 bits per heavy atom. The van der Waals surface area contributed by atoms with Gasteiger partial charge in [0, 0.05) is 30.2 Å². The number of H-pyrrole nitrogens is 1. The normalized spacial score (nSPS) is 12.9. The molecule has 98 valence electrons. The molecule has 0 saturated carbocycles. The van der Waals surface area contributed by atoms with E-state index in [1.807, 2.05) is 19.2 Å². The van der Waals surface area contributed by atoms with Gasteiger partial charge in [0.25, 0.3) is 0 Å². The zero-order valence-electron chi connectivity index (χ0n) is 11.0. The van der Waals surface area contributed by atoms with E-state index in [4.69, 9.17) is 5.73 Å². The minimum Gasteiger partial charge on any atom is -0.391 e. The number of nitrogens with zero attached hydrogens (tertiary/aromatic N) is 1. The molecule has 2 rings (SSSR count). The van der Waals surface area contributed by atoms with E-state index in [0.29, 0.717) is 19.5 Å². The van der Waals surface area contributed by atoms with Crippen LogP contribution in [0.4, 0.5) is 5.69 Å². The number of aromatic amines is 1. The molecule has 0 spiro atoms. The van der Waals surface area contributed by atoms with Crippen LogP contribution in [-0.4, -0.2) is 36.3 Å². The number of hydrogen-bond donors (Lipinski definition) is 3. The molecule has 0 saturated heterocycles. The Kier molecular flexibility index (Phi) is 3.89. The second-order valence-electron chi connectivity index (χ2n) is 4.76. The standard InChI is InChI=1S/C14H21N3O/c1-10-14(17(2)9-11(18)7-8-15)12-5-3-4-6-13(12)16-10/h3-6,11,16,18H,7-9,15H2,1-2H3. The minimum atomic E-state index is -0.381. The second-order valence-corrected chi connectivity index (χ2v) is 4.76. The third kappa shape index (κ3) is 2.49. The highest BCUT2D eigenvalue weighted by Crippen LogP contribution is 2.29. The van der Waals surface area contributed by atoms with Gasteiger partial charge in [-0.25, -0.2) is 0 Å². The van der Waals surface area contributed by atoms with Gasteiger partial charge in [-0.2, -0.15) is 0 Å². The topological polar surface area (TPSA) is 65.3 Å². The molecule has 1 heterocycles. The zero-order chi connectivity index (χ0) is 13.1. The number of aryl methyl sites for hydroxylation is 1. The van der Waals surface area contributed by atoms with Crippen molar-refractivity contribution in [3.8, 4) is 0 Å². The summed E-state index contributed by atoms with van der Waals surface area (Å²) in [6.45, 7) is 3.17. The number of fused-ring (bicyclic) bond motifs is 1. The molecule has 18 heavy (non-hydrogen) atoms. The van der Waals surface area contributed by atoms with Crippen LogP contribution in [0.5, 0.6) is 0 Å². The Bertz CT molecular complexity index is 521. The molecule has 4 heteroatoms. The number of rotatable bonds is 5. The van der Waals surface area contributed by atoms with Gasteiger partial charge in [0.2, 0.25) is 0 Å². The highest BCUT2D eigenvalue weighted by molar-refractivity contribution is 5.94. The van der Waals surface area contributed by atoms with Crippen LogP contribution in [0.3, 0.4) is 0 Å². The number of aliphatic hydroxyl groups excluding tert-OH is 1. The molecule has 1 atom stereocenters. The maximum Gasteiger partial charge on any atom is 0.0727 e. The quantitative estimate of drug-likeness (QED) is 0.752. The molecule has 0 fully saturated rings. The van der Waals surface area contributed by atoms with Gasteiger partial charge < -0.3 is 20.7 Å². The fraction of sp³-hybridized carbons (Fsp3) is 0.429. The zero-order valence-corrected chi connectivity index (χ0v) is 11.0. The maximum absolute atomic E-state index is 9.85. The minimum absolute atomic E-state index is 0.381. The summed E-state index contributed by atoms with van der Waals surface area (Å²) >= 11 is 0. The Morgan fingerprint density at radius 1 is 1.39 bits per heavy atom. The first-order chi connectivity index (χ1) is 8.63. The smallest absolute Gasteiger partial charge is 0.0727 e. The third-order valence-corrected chi connectivity index (χ3v) is 3.23. The Morgan fingerprint density at radius 2 is 2.11 bits per heavy atom. The molecule has 4 N–H and O–H groups in total. The molecule has 0 amide bonds. The first kappa shape index (κ1) is 12.9. The molecular weight excluding hydrogens is 226 g/mol. The van der Waals surface area contributed by atoms with Gasteiger partial charge in [0.15, 0.2) is 0 Å². The average Bonchev–Trinajstić information content (AvgIpc) is 2.64. The predicted molar refractivity (Wildman–Crippen MR) is 76.0 cm³/mol. The van der Waals surface area contributed by atoms with E-state index in [1.165, 1.54) is 5.39 Å². The number of hydrogen-bond acceptors (Lipinski definition) is 3. The van der Waals surface area contributed by atoms with E-state index in [9.17, 15) is 5.11 Å². The van der Waals surface area contributed by atoms with E-state index < -0.39 is 0 Å². The number of likely N-dealkylation sites (N-methyl/N-ethyl adjacent to an activating group) is 1. The maximum atomic E-state index is 9.85. The van der Waals surface area contributed by atoms with E-state index in [2.05, 4.69) is 28.9 Å². The summed E-state index contributed by atoms with van der Waals surface area (Å²) in [6.07, 6.45) is 0.249. The van der Waals surface area contributed by atoms with Crippen LogP contribution in [0.25, 0.3) is 10.9 Å². The predicted octanol–water partition coefficient (Wildman–Crippen LogP) is 1.62. The lowest BCUT2D eigenvalue weighted by Gasteiger charge is -2.22. The summed E-state index contributed by atoms with van der Waals surface area (Å²) in [4.78, 5) is 5.46. The average molecular weight is 247 g/mol. The number of anilines is 1. The summed E-state index contributed by atoms with van der Waals surface area (Å²) in [5.41, 5.74) is 8.87. The summed E-state index contributed by atoms with van der Waals surface area (Å²) in [6, 6.07) is 8.21. The molecule has 0 aliphatic heterocycles. The largest absolute Gasteiger partial charge is 0.391 e. The Labute approximate surface area is 107 Å². The van der Waals surface area contributed by atoms with E-state index in [-0.39, 0.29) is 6.10 Å². The van der Waals surface area contributed by atoms with E-state index >= 15 is 0 Å². The molecule has 0 aliphatic carbocycles. The molecular formula is C14H21N3O. The number of aliphatic hydroxyl groups is 1. The van der Waals surface area contributed by atoms with Crippen molar-refractivity contribution in [2.45, 2.75) is 19.4 Å². The first-order valence-electron chi connectivity index (χ1n) is 6.30. The van der Waals surface area contributed by atoms with Crippen LogP contribution in [0.15, 0.2) is 24.3 Å². The van der Waals surface area contributed by atoms with Gasteiger partial charge in [0.05, 0.1) is 11.8 Å². The van der Waals surface area contributed by atoms with E-state index in [0.717, 1.165) is 16.9 Å². The van der Waals surface area contributed by atoms with Crippen molar-refractivity contribution in [1.29, 1.82) is 0 Å². The molecule has 0 aliphatic rings. The molecule has 0 radical (unpaired) electrons. The fourth-order valence-corrected chi connectivity index (χ4v) is 2.44. The van der Waals surface area contributed by atoms with Gasteiger partial charge in [-0.05, 0) is 26.0 Å². The van der Waals surface area contributed by atoms with Crippen LogP contribution in [0.1, 0.15) is 12.1 Å². The fourth-order valence-electron chi connectivity index (χ4n) is 2.44. The number of benzene rings is 1. The number of nitrogens with one attached hydrogen (secondary N) is 1. The lowest BCUT2D eigenvalue weighted by molar-refractivity contribution is 0.174. The number of aromatic nitrogens is 1. The number of nitrogens with two attached hydrogens (primary N) is 1. The Balaban J connectivity index is 2.27. The van der Waals surface area contributed by atoms with Crippen LogP contribution >= 0.6 is 0 Å².